The summed E-state index contributed by atoms with van der Waals surface area (Å²) >= 11 is 0. The maximum atomic E-state index is 12.0. The summed E-state index contributed by atoms with van der Waals surface area (Å²) in [4.78, 5) is 9.72. The number of methoxy groups -OCH3 is 2. The molecule has 0 atom stereocenters. The van der Waals surface area contributed by atoms with Crippen molar-refractivity contribution in [2.45, 2.75) is 37.5 Å². The zero-order valence-corrected chi connectivity index (χ0v) is 33.8. The molecule has 0 spiro atoms. The summed E-state index contributed by atoms with van der Waals surface area (Å²) in [5.74, 6) is 2.49. The van der Waals surface area contributed by atoms with Crippen molar-refractivity contribution in [2.75, 3.05) is 14.2 Å². The van der Waals surface area contributed by atoms with Gasteiger partial charge in [0.1, 0.15) is 23.0 Å². The molecule has 0 unspecified atom stereocenters. The Bertz CT molecular complexity index is 2450. The number of aromatic hydroxyl groups is 2. The predicted molar refractivity (Wildman–Crippen MR) is 243 cm³/mol. The van der Waals surface area contributed by atoms with Crippen LogP contribution < -0.4 is 9.47 Å². The van der Waals surface area contributed by atoms with Crippen LogP contribution in [0.2, 0.25) is 0 Å². The van der Waals surface area contributed by atoms with Crippen LogP contribution in [-0.4, -0.2) is 36.9 Å². The lowest BCUT2D eigenvalue weighted by atomic mass is 9.90. The van der Waals surface area contributed by atoms with Crippen LogP contribution in [0.4, 0.5) is 11.4 Å². The van der Waals surface area contributed by atoms with Gasteiger partial charge in [-0.25, -0.2) is 0 Å². The van der Waals surface area contributed by atoms with E-state index in [4.69, 9.17) is 19.5 Å². The van der Waals surface area contributed by atoms with Gasteiger partial charge < -0.3 is 19.7 Å². The number of phenols is 2. The van der Waals surface area contributed by atoms with E-state index in [0.29, 0.717) is 37.5 Å². The van der Waals surface area contributed by atoms with E-state index in [2.05, 4.69) is 72.9 Å². The predicted octanol–water partition coefficient (Wildman–Crippen LogP) is 11.7. The van der Waals surface area contributed by atoms with E-state index in [1.54, 1.807) is 14.2 Å². The largest absolute Gasteiger partial charge is 0.507 e. The Labute approximate surface area is 351 Å². The van der Waals surface area contributed by atoms with E-state index in [9.17, 15) is 10.2 Å². The number of phenolic OH excluding ortho intramolecular Hbond substituents is 2. The van der Waals surface area contributed by atoms with Gasteiger partial charge in [0.15, 0.2) is 0 Å². The zero-order chi connectivity index (χ0) is 41.0. The first kappa shape index (κ1) is 38.3. The van der Waals surface area contributed by atoms with Gasteiger partial charge in [0, 0.05) is 49.9 Å². The fourth-order valence-electron chi connectivity index (χ4n) is 8.61. The summed E-state index contributed by atoms with van der Waals surface area (Å²) in [5.41, 5.74) is 12.6. The standard InChI is InChI=1S/C54H46N2O4/c1-59-53-41-13-7-14-42(53)30-46-26-36(34-56-50-23-19-40(20-24-50)38-11-5-6-12-38)28-48(52(46)58)32-44-16-8-15-43(54(44)60-2)31-47-27-35(25-45(29-41)51(47)57)33-55-49-21-17-39(18-22-49)37-9-3-4-10-37/h3-28,33-34,37-38,57-58H,29-32H2,1-2H3. The third kappa shape index (κ3) is 8.10. The molecule has 2 N–H and O–H groups in total. The summed E-state index contributed by atoms with van der Waals surface area (Å²) in [6, 6.07) is 36.8. The number of para-hydroxylation sites is 2. The minimum Gasteiger partial charge on any atom is -0.507 e. The van der Waals surface area contributed by atoms with Gasteiger partial charge in [-0.2, -0.15) is 0 Å². The Morgan fingerprint density at radius 1 is 0.450 bits per heavy atom. The summed E-state index contributed by atoms with van der Waals surface area (Å²) in [7, 11) is 3.36. The molecule has 3 aliphatic rings. The van der Waals surface area contributed by atoms with Crippen molar-refractivity contribution in [1.29, 1.82) is 0 Å². The van der Waals surface area contributed by atoms with E-state index in [1.807, 2.05) is 97.4 Å². The third-order valence-corrected chi connectivity index (χ3v) is 11.6. The van der Waals surface area contributed by atoms with Gasteiger partial charge >= 0.3 is 0 Å². The zero-order valence-electron chi connectivity index (χ0n) is 33.8. The summed E-state index contributed by atoms with van der Waals surface area (Å²) in [6.07, 6.45) is 22.4. The number of fused-ring (bicyclic) bond motifs is 8. The fourth-order valence-corrected chi connectivity index (χ4v) is 8.61. The van der Waals surface area contributed by atoms with Gasteiger partial charge in [0.05, 0.1) is 25.6 Å². The lowest BCUT2D eigenvalue weighted by Gasteiger charge is -2.20. The average Bonchev–Trinajstić information content (AvgIpc) is 4.02. The van der Waals surface area contributed by atoms with Crippen LogP contribution in [-0.2, 0) is 25.7 Å². The summed E-state index contributed by atoms with van der Waals surface area (Å²) in [5, 5.41) is 23.9. The van der Waals surface area contributed by atoms with E-state index in [0.717, 1.165) is 78.5 Å². The maximum absolute atomic E-state index is 12.0. The molecule has 3 aliphatic carbocycles. The molecule has 6 aromatic rings. The second kappa shape index (κ2) is 17.0. The second-order valence-electron chi connectivity index (χ2n) is 15.6. The van der Waals surface area contributed by atoms with Crippen LogP contribution in [0.25, 0.3) is 0 Å². The van der Waals surface area contributed by atoms with Crippen LogP contribution in [0.15, 0.2) is 168 Å². The molecular formula is C54H46N2O4. The van der Waals surface area contributed by atoms with Crippen molar-refractivity contribution in [1.82, 2.24) is 0 Å². The van der Waals surface area contributed by atoms with Gasteiger partial charge in [0.25, 0.3) is 0 Å². The molecule has 0 fully saturated rings. The van der Waals surface area contributed by atoms with E-state index >= 15 is 0 Å². The van der Waals surface area contributed by atoms with Crippen molar-refractivity contribution in [2.24, 2.45) is 9.98 Å². The second-order valence-corrected chi connectivity index (χ2v) is 15.6. The lowest BCUT2D eigenvalue weighted by Crippen LogP contribution is -2.05. The molecule has 6 nitrogen and oxygen atoms in total. The van der Waals surface area contributed by atoms with Gasteiger partial charge in [0.2, 0.25) is 0 Å². The molecule has 9 rings (SSSR count). The molecule has 0 saturated heterocycles. The SMILES string of the molecule is COc1c2cccc1Cc1cc(C=Nc3ccc(C4C=CC=C4)cc3)cc(c1O)Cc1cccc(c1OC)Cc1cc(C=Nc3ccc(C4C=CC=C4)cc3)cc(c1O)C2. The van der Waals surface area contributed by atoms with Crippen molar-refractivity contribution in [3.8, 4) is 23.0 Å². The molecule has 0 aliphatic heterocycles. The molecular weight excluding hydrogens is 741 g/mol. The van der Waals surface area contributed by atoms with Crippen LogP contribution in [0.5, 0.6) is 23.0 Å². The summed E-state index contributed by atoms with van der Waals surface area (Å²) in [6.45, 7) is 0. The van der Waals surface area contributed by atoms with Crippen molar-refractivity contribution in [3.63, 3.8) is 0 Å². The van der Waals surface area contributed by atoms with Gasteiger partial charge in [-0.3, -0.25) is 9.98 Å². The quantitative estimate of drug-likeness (QED) is 0.150. The molecule has 0 heterocycles. The van der Waals surface area contributed by atoms with Gasteiger partial charge in [-0.05, 0) is 115 Å². The van der Waals surface area contributed by atoms with Gasteiger partial charge in [-0.15, -0.1) is 0 Å². The van der Waals surface area contributed by atoms with Crippen molar-refractivity contribution in [3.05, 3.63) is 225 Å². The number of hydrogen-bond donors (Lipinski definition) is 2. The molecule has 0 amide bonds. The first-order chi connectivity index (χ1) is 29.4. The minimum absolute atomic E-state index is 0.231. The highest BCUT2D eigenvalue weighted by molar-refractivity contribution is 5.84. The van der Waals surface area contributed by atoms with Crippen LogP contribution in [0, 0.1) is 0 Å². The average molecular weight is 787 g/mol. The Morgan fingerprint density at radius 2 is 0.767 bits per heavy atom. The van der Waals surface area contributed by atoms with E-state index < -0.39 is 0 Å². The van der Waals surface area contributed by atoms with E-state index in [1.165, 1.54) is 11.1 Å². The minimum atomic E-state index is 0.231. The monoisotopic (exact) mass is 786 g/mol. The maximum Gasteiger partial charge on any atom is 0.125 e. The molecule has 8 bridgehead atoms. The Hall–Kier alpha value is -7.18. The van der Waals surface area contributed by atoms with Crippen molar-refractivity contribution < 1.29 is 19.7 Å². The Morgan fingerprint density at radius 3 is 1.07 bits per heavy atom. The van der Waals surface area contributed by atoms with Crippen LogP contribution in [0.1, 0.15) is 78.6 Å². The van der Waals surface area contributed by atoms with Gasteiger partial charge in [-0.1, -0.05) is 109 Å². The highest BCUT2D eigenvalue weighted by Gasteiger charge is 2.21. The number of ether oxygens (including phenoxy) is 2. The topological polar surface area (TPSA) is 83.6 Å². The molecule has 0 radical (unpaired) electrons. The molecule has 0 saturated carbocycles. The van der Waals surface area contributed by atoms with Crippen molar-refractivity contribution >= 4 is 23.8 Å². The molecule has 60 heavy (non-hydrogen) atoms. The third-order valence-electron chi connectivity index (χ3n) is 11.6. The Kier molecular flexibility index (Phi) is 10.8. The number of rotatable bonds is 8. The van der Waals surface area contributed by atoms with E-state index in [-0.39, 0.29) is 11.5 Å². The number of allylic oxidation sites excluding steroid dienone is 8. The number of hydrogen-bond acceptors (Lipinski definition) is 6. The molecule has 296 valence electrons. The summed E-state index contributed by atoms with van der Waals surface area (Å²) < 4.78 is 12.2. The smallest absolute Gasteiger partial charge is 0.125 e. The lowest BCUT2D eigenvalue weighted by molar-refractivity contribution is 0.404. The van der Waals surface area contributed by atoms with Crippen LogP contribution >= 0.6 is 0 Å². The normalized spacial score (nSPS) is 14.8. The molecule has 0 aromatic heterocycles. The highest BCUT2D eigenvalue weighted by atomic mass is 16.5. The molecule has 6 aromatic carbocycles. The molecule has 6 heteroatoms. The number of nitrogens with zero attached hydrogens (tertiary/aromatic N) is 2. The highest BCUT2D eigenvalue weighted by Crippen LogP contribution is 2.39. The van der Waals surface area contributed by atoms with Crippen LogP contribution in [0.3, 0.4) is 0 Å². The first-order valence-corrected chi connectivity index (χ1v) is 20.4. The first-order valence-electron chi connectivity index (χ1n) is 20.4. The fraction of sp³-hybridized carbons (Fsp3) is 0.148. The Balaban J connectivity index is 1.10. The number of benzene rings is 6. The number of aliphatic imine (C=N–C) groups is 2.